The first-order valence-corrected chi connectivity index (χ1v) is 10.1. The molecule has 2 amide bonds. The Morgan fingerprint density at radius 1 is 1.03 bits per heavy atom. The second-order valence-electron chi connectivity index (χ2n) is 7.35. The Hall–Kier alpha value is -3.10. The highest BCUT2D eigenvalue weighted by Crippen LogP contribution is 2.30. The Morgan fingerprint density at radius 3 is 2.43 bits per heavy atom. The van der Waals surface area contributed by atoms with Gasteiger partial charge in [0.25, 0.3) is 5.91 Å². The summed E-state index contributed by atoms with van der Waals surface area (Å²) in [5, 5.41) is 0. The van der Waals surface area contributed by atoms with Crippen LogP contribution in [0.5, 0.6) is 11.5 Å². The Morgan fingerprint density at radius 2 is 1.73 bits per heavy atom. The van der Waals surface area contributed by atoms with Crippen LogP contribution in [0.4, 0.5) is 0 Å². The van der Waals surface area contributed by atoms with Crippen molar-refractivity contribution in [1.29, 1.82) is 0 Å². The molecule has 1 saturated heterocycles. The number of carbonyl (C=O) groups is 4. The number of nitrogens with two attached hydrogens (primary N) is 1. The molecule has 30 heavy (non-hydrogen) atoms. The van der Waals surface area contributed by atoms with Crippen LogP contribution in [-0.4, -0.2) is 61.4 Å². The molecular formula is C21H26N2O7. The van der Waals surface area contributed by atoms with E-state index >= 15 is 0 Å². The first kappa shape index (κ1) is 21.6. The molecule has 3 rings (SSSR count). The zero-order valence-electron chi connectivity index (χ0n) is 16.8. The van der Waals surface area contributed by atoms with Gasteiger partial charge in [-0.2, -0.15) is 0 Å². The largest absolute Gasteiger partial charge is 0.490 e. The van der Waals surface area contributed by atoms with Crippen molar-refractivity contribution in [1.82, 2.24) is 4.90 Å². The number of benzene rings is 1. The standard InChI is InChI=1S/C21H26N2O7/c22-21(27)14-6-8-23(9-7-14)19(25)13-30-20(26)5-3-16(24)15-2-4-17-18(12-15)29-11-1-10-28-17/h2,4,12,14H,1,3,5-11,13H2,(H2,22,27). The van der Waals surface area contributed by atoms with Crippen LogP contribution in [0.15, 0.2) is 18.2 Å². The van der Waals surface area contributed by atoms with Gasteiger partial charge >= 0.3 is 5.97 Å². The second-order valence-corrected chi connectivity index (χ2v) is 7.35. The minimum Gasteiger partial charge on any atom is -0.490 e. The fourth-order valence-electron chi connectivity index (χ4n) is 3.42. The van der Waals surface area contributed by atoms with Gasteiger partial charge in [0.15, 0.2) is 23.9 Å². The van der Waals surface area contributed by atoms with Crippen molar-refractivity contribution in [3.05, 3.63) is 23.8 Å². The number of likely N-dealkylation sites (tertiary alicyclic amines) is 1. The summed E-state index contributed by atoms with van der Waals surface area (Å²) in [7, 11) is 0. The maximum atomic E-state index is 12.4. The third-order valence-corrected chi connectivity index (χ3v) is 5.23. The Labute approximate surface area is 174 Å². The summed E-state index contributed by atoms with van der Waals surface area (Å²) in [6, 6.07) is 4.94. The van der Waals surface area contributed by atoms with Crippen molar-refractivity contribution in [2.45, 2.75) is 32.1 Å². The molecule has 2 aliphatic heterocycles. The molecule has 2 heterocycles. The van der Waals surface area contributed by atoms with Gasteiger partial charge in [-0.25, -0.2) is 0 Å². The number of Topliss-reactive ketones (excluding diaryl/α,β-unsaturated/α-hetero) is 1. The van der Waals surface area contributed by atoms with Crippen LogP contribution >= 0.6 is 0 Å². The van der Waals surface area contributed by atoms with Crippen molar-refractivity contribution in [3.63, 3.8) is 0 Å². The highest BCUT2D eigenvalue weighted by atomic mass is 16.5. The predicted molar refractivity (Wildman–Crippen MR) is 105 cm³/mol. The van der Waals surface area contributed by atoms with Gasteiger partial charge in [-0.05, 0) is 31.0 Å². The molecule has 1 fully saturated rings. The third-order valence-electron chi connectivity index (χ3n) is 5.23. The van der Waals surface area contributed by atoms with Crippen molar-refractivity contribution in [2.24, 2.45) is 11.7 Å². The van der Waals surface area contributed by atoms with Gasteiger partial charge in [0.2, 0.25) is 5.91 Å². The van der Waals surface area contributed by atoms with Gasteiger partial charge < -0.3 is 24.8 Å². The number of ether oxygens (including phenoxy) is 3. The maximum absolute atomic E-state index is 12.4. The average Bonchev–Trinajstić information content (AvgIpc) is 3.00. The third kappa shape index (κ3) is 5.71. The van der Waals surface area contributed by atoms with E-state index in [2.05, 4.69) is 0 Å². The monoisotopic (exact) mass is 418 g/mol. The Kier molecular flexibility index (Phi) is 7.26. The molecule has 162 valence electrons. The first-order valence-electron chi connectivity index (χ1n) is 10.1. The van der Waals surface area contributed by atoms with Gasteiger partial charge in [0.1, 0.15) is 0 Å². The zero-order chi connectivity index (χ0) is 21.5. The number of piperidine rings is 1. The molecule has 9 nitrogen and oxygen atoms in total. The topological polar surface area (TPSA) is 125 Å². The Bertz CT molecular complexity index is 816. The number of carbonyl (C=O) groups excluding carboxylic acids is 4. The number of amides is 2. The summed E-state index contributed by atoms with van der Waals surface area (Å²) in [6.45, 7) is 1.52. The van der Waals surface area contributed by atoms with E-state index in [1.54, 1.807) is 23.1 Å². The van der Waals surface area contributed by atoms with E-state index in [1.165, 1.54) is 0 Å². The SMILES string of the molecule is NC(=O)C1CCN(C(=O)COC(=O)CCC(=O)c2ccc3c(c2)OCCCO3)CC1. The van der Waals surface area contributed by atoms with Crippen molar-refractivity contribution < 1.29 is 33.4 Å². The summed E-state index contributed by atoms with van der Waals surface area (Å²) in [5.74, 6) is -0.603. The number of nitrogens with zero attached hydrogens (tertiary/aromatic N) is 1. The van der Waals surface area contributed by atoms with Crippen LogP contribution in [0.1, 0.15) is 42.5 Å². The van der Waals surface area contributed by atoms with Crippen LogP contribution < -0.4 is 15.2 Å². The first-order chi connectivity index (χ1) is 14.4. The van der Waals surface area contributed by atoms with Crippen molar-refractivity contribution in [2.75, 3.05) is 32.9 Å². The van der Waals surface area contributed by atoms with E-state index in [0.29, 0.717) is 56.2 Å². The number of ketones is 1. The minimum absolute atomic E-state index is 0.0311. The lowest BCUT2D eigenvalue weighted by molar-refractivity contribution is -0.152. The van der Waals surface area contributed by atoms with E-state index < -0.39 is 5.97 Å². The molecule has 0 aliphatic carbocycles. The molecule has 9 heteroatoms. The fourth-order valence-corrected chi connectivity index (χ4v) is 3.42. The molecule has 0 saturated carbocycles. The van der Waals surface area contributed by atoms with Crippen molar-refractivity contribution >= 4 is 23.6 Å². The normalized spacial score (nSPS) is 16.5. The number of hydrogen-bond donors (Lipinski definition) is 1. The molecule has 2 N–H and O–H groups in total. The van der Waals surface area contributed by atoms with Crippen LogP contribution in [0.2, 0.25) is 0 Å². The van der Waals surface area contributed by atoms with Crippen LogP contribution in [0.3, 0.4) is 0 Å². The fraction of sp³-hybridized carbons (Fsp3) is 0.524. The van der Waals surface area contributed by atoms with Gasteiger partial charge in [-0.1, -0.05) is 0 Å². The summed E-state index contributed by atoms with van der Waals surface area (Å²) in [4.78, 5) is 49.2. The smallest absolute Gasteiger partial charge is 0.306 e. The quantitative estimate of drug-likeness (QED) is 0.519. The number of rotatable bonds is 7. The molecular weight excluding hydrogens is 392 g/mol. The summed E-state index contributed by atoms with van der Waals surface area (Å²) < 4.78 is 16.1. The molecule has 0 spiro atoms. The van der Waals surface area contributed by atoms with Crippen LogP contribution in [0, 0.1) is 5.92 Å². The average molecular weight is 418 g/mol. The van der Waals surface area contributed by atoms with E-state index in [-0.39, 0.29) is 43.0 Å². The zero-order valence-corrected chi connectivity index (χ0v) is 16.8. The molecule has 1 aromatic rings. The molecule has 0 aromatic heterocycles. The second kappa shape index (κ2) is 10.1. The molecule has 0 bridgehead atoms. The molecule has 0 atom stereocenters. The highest BCUT2D eigenvalue weighted by Gasteiger charge is 2.26. The van der Waals surface area contributed by atoms with E-state index in [1.807, 2.05) is 0 Å². The van der Waals surface area contributed by atoms with Crippen molar-refractivity contribution in [3.8, 4) is 11.5 Å². The number of hydrogen-bond acceptors (Lipinski definition) is 7. The van der Waals surface area contributed by atoms with Gasteiger partial charge in [0, 0.05) is 37.4 Å². The lowest BCUT2D eigenvalue weighted by Crippen LogP contribution is -2.43. The molecule has 0 unspecified atom stereocenters. The number of primary amides is 1. The molecule has 0 radical (unpaired) electrons. The van der Waals surface area contributed by atoms with E-state index in [9.17, 15) is 19.2 Å². The molecule has 1 aromatic carbocycles. The number of fused-ring (bicyclic) bond motifs is 1. The summed E-state index contributed by atoms with van der Waals surface area (Å²) in [6.07, 6.45) is 1.64. The number of esters is 1. The maximum Gasteiger partial charge on any atom is 0.306 e. The highest BCUT2D eigenvalue weighted by molar-refractivity contribution is 5.98. The predicted octanol–water partition coefficient (Wildman–Crippen LogP) is 1.08. The van der Waals surface area contributed by atoms with Gasteiger partial charge in [-0.15, -0.1) is 0 Å². The van der Waals surface area contributed by atoms with E-state index in [0.717, 1.165) is 6.42 Å². The summed E-state index contributed by atoms with van der Waals surface area (Å²) >= 11 is 0. The Balaban J connectivity index is 1.40. The summed E-state index contributed by atoms with van der Waals surface area (Å²) in [5.41, 5.74) is 5.71. The molecule has 2 aliphatic rings. The van der Waals surface area contributed by atoms with Gasteiger partial charge in [-0.3, -0.25) is 19.2 Å². The van der Waals surface area contributed by atoms with Crippen LogP contribution in [-0.2, 0) is 19.1 Å². The lowest BCUT2D eigenvalue weighted by Gasteiger charge is -2.30. The minimum atomic E-state index is -0.613. The lowest BCUT2D eigenvalue weighted by atomic mass is 9.96. The van der Waals surface area contributed by atoms with Crippen LogP contribution in [0.25, 0.3) is 0 Å². The van der Waals surface area contributed by atoms with E-state index in [4.69, 9.17) is 19.9 Å². The van der Waals surface area contributed by atoms with Gasteiger partial charge in [0.05, 0.1) is 19.6 Å².